The van der Waals surface area contributed by atoms with Crippen LogP contribution in [0.15, 0.2) is 5.16 Å². The van der Waals surface area contributed by atoms with E-state index in [-0.39, 0.29) is 13.2 Å². The first-order valence-electron chi connectivity index (χ1n) is 5.18. The first-order valence-corrected chi connectivity index (χ1v) is 5.18. The summed E-state index contributed by atoms with van der Waals surface area (Å²) in [4.78, 5) is 13.2. The summed E-state index contributed by atoms with van der Waals surface area (Å²) in [6.07, 6.45) is -0.417. The lowest BCUT2D eigenvalue weighted by Gasteiger charge is -2.25. The van der Waals surface area contributed by atoms with Gasteiger partial charge in [0.2, 0.25) is 0 Å². The summed E-state index contributed by atoms with van der Waals surface area (Å²) in [5.41, 5.74) is -0.107. The van der Waals surface area contributed by atoms with E-state index >= 15 is 0 Å². The highest BCUT2D eigenvalue weighted by Gasteiger charge is 2.24. The summed E-state index contributed by atoms with van der Waals surface area (Å²) < 4.78 is 10.4. The van der Waals surface area contributed by atoms with Crippen molar-refractivity contribution in [2.45, 2.75) is 26.4 Å². The Bertz CT molecular complexity index is 283. The molecule has 0 aromatic carbocycles. The maximum Gasteiger partial charge on any atom is 0.410 e. The van der Waals surface area contributed by atoms with Gasteiger partial charge in [-0.2, -0.15) is 0 Å². The molecule has 0 unspecified atom stereocenters. The zero-order valence-electron chi connectivity index (χ0n) is 9.89. The zero-order valence-corrected chi connectivity index (χ0v) is 9.89. The Labute approximate surface area is 94.8 Å². The molecule has 1 fully saturated rings. The lowest BCUT2D eigenvalue weighted by molar-refractivity contribution is 0.0252. The van der Waals surface area contributed by atoms with Crippen molar-refractivity contribution in [2.24, 2.45) is 5.16 Å². The molecule has 1 amide bonds. The molecular formula is C10H18N2O4. The smallest absolute Gasteiger partial charge is 0.410 e. The van der Waals surface area contributed by atoms with Gasteiger partial charge in [-0.1, -0.05) is 5.16 Å². The minimum Gasteiger partial charge on any atom is -0.444 e. The van der Waals surface area contributed by atoms with Gasteiger partial charge in [0.1, 0.15) is 11.3 Å². The molecule has 1 N–H and O–H groups in total. The predicted molar refractivity (Wildman–Crippen MR) is 57.8 cm³/mol. The Morgan fingerprint density at radius 1 is 1.56 bits per heavy atom. The second-order valence-electron chi connectivity index (χ2n) is 4.62. The van der Waals surface area contributed by atoms with Gasteiger partial charge in [-0.05, 0) is 20.8 Å². The van der Waals surface area contributed by atoms with E-state index in [2.05, 4.69) is 5.16 Å². The molecule has 6 heteroatoms. The quantitative estimate of drug-likeness (QED) is 0.499. The van der Waals surface area contributed by atoms with Crippen LogP contribution < -0.4 is 0 Å². The third-order valence-electron chi connectivity index (χ3n) is 1.94. The Balaban J connectivity index is 2.60. The summed E-state index contributed by atoms with van der Waals surface area (Å²) >= 11 is 0. The Kier molecular flexibility index (Phi) is 4.12. The lowest BCUT2D eigenvalue weighted by Crippen LogP contribution is -2.40. The Morgan fingerprint density at radius 2 is 2.25 bits per heavy atom. The molecule has 0 atom stereocenters. The van der Waals surface area contributed by atoms with Crippen molar-refractivity contribution < 1.29 is 19.5 Å². The van der Waals surface area contributed by atoms with Crippen LogP contribution in [-0.4, -0.2) is 53.8 Å². The van der Waals surface area contributed by atoms with Gasteiger partial charge in [0, 0.05) is 6.54 Å². The average molecular weight is 230 g/mol. The second-order valence-corrected chi connectivity index (χ2v) is 4.62. The SMILES string of the molecule is CC(C)(C)OC(=O)N1CCOC/C(=N\O)C1. The van der Waals surface area contributed by atoms with Gasteiger partial charge in [0.15, 0.2) is 0 Å². The van der Waals surface area contributed by atoms with E-state index in [1.807, 2.05) is 0 Å². The van der Waals surface area contributed by atoms with Crippen molar-refractivity contribution in [1.82, 2.24) is 4.90 Å². The van der Waals surface area contributed by atoms with E-state index in [0.29, 0.717) is 18.9 Å². The van der Waals surface area contributed by atoms with Crippen LogP contribution in [0.3, 0.4) is 0 Å². The van der Waals surface area contributed by atoms with Gasteiger partial charge in [-0.15, -0.1) is 0 Å². The van der Waals surface area contributed by atoms with E-state index in [9.17, 15) is 4.79 Å². The minimum absolute atomic E-state index is 0.241. The molecule has 92 valence electrons. The number of ether oxygens (including phenoxy) is 2. The summed E-state index contributed by atoms with van der Waals surface area (Å²) in [5, 5.41) is 11.8. The lowest BCUT2D eigenvalue weighted by atomic mass is 10.2. The van der Waals surface area contributed by atoms with Gasteiger partial charge in [0.25, 0.3) is 0 Å². The monoisotopic (exact) mass is 230 g/mol. The van der Waals surface area contributed by atoms with E-state index in [4.69, 9.17) is 14.7 Å². The standard InChI is InChI=1S/C10H18N2O4/c1-10(2,3)16-9(13)12-4-5-15-7-8(6-12)11-14/h14H,4-7H2,1-3H3/b11-8-. The van der Waals surface area contributed by atoms with Gasteiger partial charge in [-0.3, -0.25) is 0 Å². The fourth-order valence-electron chi connectivity index (χ4n) is 1.25. The highest BCUT2D eigenvalue weighted by atomic mass is 16.6. The van der Waals surface area contributed by atoms with Crippen molar-refractivity contribution in [1.29, 1.82) is 0 Å². The molecule has 1 saturated heterocycles. The molecule has 0 aliphatic carbocycles. The highest BCUT2D eigenvalue weighted by molar-refractivity contribution is 5.89. The van der Waals surface area contributed by atoms with Crippen molar-refractivity contribution in [3.05, 3.63) is 0 Å². The van der Waals surface area contributed by atoms with Crippen LogP contribution in [0.25, 0.3) is 0 Å². The molecule has 0 radical (unpaired) electrons. The number of hydrogen-bond acceptors (Lipinski definition) is 5. The van der Waals surface area contributed by atoms with Gasteiger partial charge >= 0.3 is 6.09 Å². The number of rotatable bonds is 0. The van der Waals surface area contributed by atoms with E-state index < -0.39 is 11.7 Å². The van der Waals surface area contributed by atoms with Gasteiger partial charge in [0.05, 0.1) is 19.8 Å². The van der Waals surface area contributed by atoms with E-state index in [1.165, 1.54) is 4.90 Å². The maximum absolute atomic E-state index is 11.7. The van der Waals surface area contributed by atoms with Crippen molar-refractivity contribution in [3.63, 3.8) is 0 Å². The van der Waals surface area contributed by atoms with Crippen molar-refractivity contribution >= 4 is 11.8 Å². The van der Waals surface area contributed by atoms with Gasteiger partial charge < -0.3 is 19.6 Å². The molecule has 0 saturated carbocycles. The molecule has 1 aliphatic heterocycles. The first-order chi connectivity index (χ1) is 7.42. The highest BCUT2D eigenvalue weighted by Crippen LogP contribution is 2.10. The molecule has 1 heterocycles. The summed E-state index contributed by atoms with van der Waals surface area (Å²) in [5.74, 6) is 0. The number of nitrogens with zero attached hydrogens (tertiary/aromatic N) is 2. The number of amides is 1. The molecule has 16 heavy (non-hydrogen) atoms. The first kappa shape index (κ1) is 12.8. The van der Waals surface area contributed by atoms with E-state index in [0.717, 1.165) is 0 Å². The molecular weight excluding hydrogens is 212 g/mol. The Morgan fingerprint density at radius 3 is 2.81 bits per heavy atom. The van der Waals surface area contributed by atoms with Gasteiger partial charge in [-0.25, -0.2) is 4.79 Å². The van der Waals surface area contributed by atoms with Crippen LogP contribution in [0, 0.1) is 0 Å². The largest absolute Gasteiger partial charge is 0.444 e. The van der Waals surface area contributed by atoms with Crippen molar-refractivity contribution in [2.75, 3.05) is 26.3 Å². The molecule has 0 aromatic rings. The normalized spacial score (nSPS) is 20.7. The van der Waals surface area contributed by atoms with Crippen LogP contribution in [0.5, 0.6) is 0 Å². The molecule has 0 bridgehead atoms. The maximum atomic E-state index is 11.7. The summed E-state index contributed by atoms with van der Waals surface area (Å²) in [7, 11) is 0. The van der Waals surface area contributed by atoms with Crippen LogP contribution in [0.2, 0.25) is 0 Å². The van der Waals surface area contributed by atoms with Crippen LogP contribution in [0.1, 0.15) is 20.8 Å². The van der Waals surface area contributed by atoms with Crippen molar-refractivity contribution in [3.8, 4) is 0 Å². The summed E-state index contributed by atoms with van der Waals surface area (Å²) in [6.45, 7) is 6.76. The molecule has 1 rings (SSSR count). The molecule has 0 aromatic heterocycles. The molecule has 1 aliphatic rings. The minimum atomic E-state index is -0.527. The third-order valence-corrected chi connectivity index (χ3v) is 1.94. The Hall–Kier alpha value is -1.30. The number of hydrogen-bond donors (Lipinski definition) is 1. The molecule has 0 spiro atoms. The number of carbonyl (C=O) groups is 1. The second kappa shape index (κ2) is 5.16. The number of oxime groups is 1. The van der Waals surface area contributed by atoms with Crippen LogP contribution >= 0.6 is 0 Å². The van der Waals surface area contributed by atoms with Crippen LogP contribution in [0.4, 0.5) is 4.79 Å². The number of carbonyl (C=O) groups excluding carboxylic acids is 1. The molecule has 6 nitrogen and oxygen atoms in total. The fourth-order valence-corrected chi connectivity index (χ4v) is 1.25. The average Bonchev–Trinajstić information content (AvgIpc) is 2.39. The third kappa shape index (κ3) is 4.06. The van der Waals surface area contributed by atoms with E-state index in [1.54, 1.807) is 20.8 Å². The summed E-state index contributed by atoms with van der Waals surface area (Å²) in [6, 6.07) is 0. The topological polar surface area (TPSA) is 71.4 Å². The fraction of sp³-hybridized carbons (Fsp3) is 0.800. The van der Waals surface area contributed by atoms with Crippen LogP contribution in [-0.2, 0) is 9.47 Å². The predicted octanol–water partition coefficient (Wildman–Crippen LogP) is 1.08. The zero-order chi connectivity index (χ0) is 12.2.